The number of hydrogen-bond donors (Lipinski definition) is 0. The molecule has 1 aliphatic heterocycles. The van der Waals surface area contributed by atoms with Gasteiger partial charge in [-0.3, -0.25) is 4.79 Å². The predicted molar refractivity (Wildman–Crippen MR) is 66.3 cm³/mol. The van der Waals surface area contributed by atoms with Crippen molar-refractivity contribution in [3.63, 3.8) is 0 Å². The molecule has 1 aliphatic rings. The van der Waals surface area contributed by atoms with Crippen molar-refractivity contribution < 1.29 is 9.53 Å². The Balaban J connectivity index is 2.24. The molecule has 2 nitrogen and oxygen atoms in total. The summed E-state index contributed by atoms with van der Waals surface area (Å²) in [7, 11) is 0. The average Bonchev–Trinajstić information content (AvgIpc) is 2.79. The van der Waals surface area contributed by atoms with Gasteiger partial charge in [0.25, 0.3) is 0 Å². The molecule has 1 heterocycles. The van der Waals surface area contributed by atoms with Gasteiger partial charge >= 0.3 is 0 Å². The van der Waals surface area contributed by atoms with Crippen LogP contribution in [0, 0.1) is 11.8 Å². The third-order valence-electron chi connectivity index (χ3n) is 3.16. The number of carbonyl (C=O) groups excluding carboxylic acids is 1. The van der Waals surface area contributed by atoms with Crippen LogP contribution in [0.2, 0.25) is 0 Å². The second-order valence-corrected chi connectivity index (χ2v) is 5.69. The van der Waals surface area contributed by atoms with Crippen LogP contribution in [0.5, 0.6) is 0 Å². The average molecular weight is 224 g/mol. The predicted octanol–water partition coefficient (Wildman–Crippen LogP) is 3.36. The third kappa shape index (κ3) is 4.09. The lowest BCUT2D eigenvalue weighted by Crippen LogP contribution is -2.11. The highest BCUT2D eigenvalue weighted by atomic mass is 16.6. The zero-order chi connectivity index (χ0) is 12.3. The molecular formula is C14H24O2. The summed E-state index contributed by atoms with van der Waals surface area (Å²) >= 11 is 0. The van der Waals surface area contributed by atoms with Crippen LogP contribution in [0.1, 0.15) is 47.5 Å². The number of rotatable bonds is 6. The Kier molecular flexibility index (Phi) is 4.31. The molecule has 0 saturated carbocycles. The molecule has 16 heavy (non-hydrogen) atoms. The van der Waals surface area contributed by atoms with E-state index in [9.17, 15) is 4.79 Å². The van der Waals surface area contributed by atoms with Crippen molar-refractivity contribution >= 4 is 5.78 Å². The first-order valence-electron chi connectivity index (χ1n) is 6.23. The van der Waals surface area contributed by atoms with Crippen molar-refractivity contribution in [1.29, 1.82) is 0 Å². The van der Waals surface area contributed by atoms with Crippen LogP contribution in [-0.4, -0.2) is 17.5 Å². The molecule has 0 aromatic rings. The molecule has 2 unspecified atom stereocenters. The Labute approximate surface area is 99.1 Å². The molecular weight excluding hydrogens is 200 g/mol. The minimum atomic E-state index is 0.0521. The number of allylic oxidation sites excluding steroid dienone is 2. The molecule has 0 amide bonds. The van der Waals surface area contributed by atoms with Crippen molar-refractivity contribution in [2.75, 3.05) is 0 Å². The normalized spacial score (nSPS) is 25.0. The lowest BCUT2D eigenvalue weighted by Gasteiger charge is -2.06. The summed E-state index contributed by atoms with van der Waals surface area (Å²) in [6.07, 6.45) is 5.98. The fourth-order valence-corrected chi connectivity index (χ4v) is 1.73. The summed E-state index contributed by atoms with van der Waals surface area (Å²) in [5.41, 5.74) is 0.0521. The monoisotopic (exact) mass is 224 g/mol. The highest BCUT2D eigenvalue weighted by Gasteiger charge is 2.47. The van der Waals surface area contributed by atoms with E-state index in [-0.39, 0.29) is 17.3 Å². The lowest BCUT2D eigenvalue weighted by molar-refractivity contribution is -0.117. The van der Waals surface area contributed by atoms with Crippen molar-refractivity contribution in [2.45, 2.75) is 59.2 Å². The second kappa shape index (κ2) is 5.13. The minimum Gasteiger partial charge on any atom is -0.367 e. The SMILES string of the molecule is CC(C)/C=C/C(=O)C(C)CCC1OC1(C)C. The van der Waals surface area contributed by atoms with E-state index in [0.717, 1.165) is 12.8 Å². The maximum atomic E-state index is 11.7. The summed E-state index contributed by atoms with van der Waals surface area (Å²) in [4.78, 5) is 11.7. The van der Waals surface area contributed by atoms with Crippen LogP contribution in [0.3, 0.4) is 0 Å². The van der Waals surface area contributed by atoms with Crippen LogP contribution in [0.4, 0.5) is 0 Å². The molecule has 1 rings (SSSR count). The molecule has 0 aliphatic carbocycles. The van der Waals surface area contributed by atoms with E-state index in [2.05, 4.69) is 27.7 Å². The van der Waals surface area contributed by atoms with Crippen LogP contribution in [0.15, 0.2) is 12.2 Å². The summed E-state index contributed by atoms with van der Waals surface area (Å²) < 4.78 is 5.50. The lowest BCUT2D eigenvalue weighted by atomic mass is 9.96. The summed E-state index contributed by atoms with van der Waals surface area (Å²) in [5.74, 6) is 0.809. The second-order valence-electron chi connectivity index (χ2n) is 5.69. The number of carbonyl (C=O) groups is 1. The van der Waals surface area contributed by atoms with E-state index in [0.29, 0.717) is 12.0 Å². The van der Waals surface area contributed by atoms with Gasteiger partial charge in [0.15, 0.2) is 5.78 Å². The molecule has 1 saturated heterocycles. The zero-order valence-electron chi connectivity index (χ0n) is 11.1. The Morgan fingerprint density at radius 3 is 2.38 bits per heavy atom. The Morgan fingerprint density at radius 1 is 1.38 bits per heavy atom. The largest absolute Gasteiger partial charge is 0.367 e. The number of epoxide rings is 1. The first-order chi connectivity index (χ1) is 7.33. The zero-order valence-corrected chi connectivity index (χ0v) is 11.1. The van der Waals surface area contributed by atoms with Crippen LogP contribution in [-0.2, 0) is 9.53 Å². The molecule has 2 atom stereocenters. The Bertz CT molecular complexity index is 276. The molecule has 1 fully saturated rings. The molecule has 0 radical (unpaired) electrons. The maximum absolute atomic E-state index is 11.7. The van der Waals surface area contributed by atoms with Crippen molar-refractivity contribution in [3.8, 4) is 0 Å². The fourth-order valence-electron chi connectivity index (χ4n) is 1.73. The molecule has 0 N–H and O–H groups in total. The molecule has 0 aromatic carbocycles. The van der Waals surface area contributed by atoms with E-state index < -0.39 is 0 Å². The van der Waals surface area contributed by atoms with E-state index in [1.165, 1.54) is 0 Å². The highest BCUT2D eigenvalue weighted by molar-refractivity contribution is 5.91. The number of ether oxygens (including phenoxy) is 1. The Morgan fingerprint density at radius 2 is 1.94 bits per heavy atom. The minimum absolute atomic E-state index is 0.0521. The first kappa shape index (κ1) is 13.4. The van der Waals surface area contributed by atoms with E-state index >= 15 is 0 Å². The van der Waals surface area contributed by atoms with E-state index in [4.69, 9.17) is 4.74 Å². The van der Waals surface area contributed by atoms with Gasteiger partial charge in [0.05, 0.1) is 11.7 Å². The Hall–Kier alpha value is -0.630. The third-order valence-corrected chi connectivity index (χ3v) is 3.16. The van der Waals surface area contributed by atoms with Gasteiger partial charge in [-0.2, -0.15) is 0 Å². The maximum Gasteiger partial charge on any atom is 0.158 e. The molecule has 0 aromatic heterocycles. The molecule has 2 heteroatoms. The standard InChI is InChI=1S/C14H24O2/c1-10(2)6-8-12(15)11(3)7-9-13-14(4,5)16-13/h6,8,10-11,13H,7,9H2,1-5H3/b8-6+. The number of ketones is 1. The van der Waals surface area contributed by atoms with Gasteiger partial charge in [-0.25, -0.2) is 0 Å². The van der Waals surface area contributed by atoms with Gasteiger partial charge in [0, 0.05) is 5.92 Å². The molecule has 0 bridgehead atoms. The topological polar surface area (TPSA) is 29.6 Å². The van der Waals surface area contributed by atoms with Gasteiger partial charge in [-0.15, -0.1) is 0 Å². The highest BCUT2D eigenvalue weighted by Crippen LogP contribution is 2.39. The molecule has 0 spiro atoms. The first-order valence-corrected chi connectivity index (χ1v) is 6.23. The smallest absolute Gasteiger partial charge is 0.158 e. The van der Waals surface area contributed by atoms with Crippen molar-refractivity contribution in [2.24, 2.45) is 11.8 Å². The fraction of sp³-hybridized carbons (Fsp3) is 0.786. The number of hydrogen-bond acceptors (Lipinski definition) is 2. The van der Waals surface area contributed by atoms with Gasteiger partial charge < -0.3 is 4.74 Å². The van der Waals surface area contributed by atoms with Gasteiger partial charge in [-0.1, -0.05) is 26.8 Å². The van der Waals surface area contributed by atoms with E-state index in [1.807, 2.05) is 13.0 Å². The van der Waals surface area contributed by atoms with Gasteiger partial charge in [0.1, 0.15) is 0 Å². The van der Waals surface area contributed by atoms with Gasteiger partial charge in [0.2, 0.25) is 0 Å². The molecule has 92 valence electrons. The van der Waals surface area contributed by atoms with Crippen LogP contribution in [0.25, 0.3) is 0 Å². The van der Waals surface area contributed by atoms with Gasteiger partial charge in [-0.05, 0) is 38.7 Å². The van der Waals surface area contributed by atoms with Crippen LogP contribution >= 0.6 is 0 Å². The summed E-state index contributed by atoms with van der Waals surface area (Å²) in [6, 6.07) is 0. The summed E-state index contributed by atoms with van der Waals surface area (Å²) in [5, 5.41) is 0. The van der Waals surface area contributed by atoms with E-state index in [1.54, 1.807) is 6.08 Å². The quantitative estimate of drug-likeness (QED) is 0.511. The summed E-state index contributed by atoms with van der Waals surface area (Å²) in [6.45, 7) is 10.4. The van der Waals surface area contributed by atoms with Crippen molar-refractivity contribution in [1.82, 2.24) is 0 Å². The van der Waals surface area contributed by atoms with Crippen molar-refractivity contribution in [3.05, 3.63) is 12.2 Å². The van der Waals surface area contributed by atoms with Crippen LogP contribution < -0.4 is 0 Å².